The van der Waals surface area contributed by atoms with Crippen LogP contribution in [0.4, 0.5) is 0 Å². The molecule has 0 saturated carbocycles. The molecule has 2 unspecified atom stereocenters. The molecule has 0 aromatic carbocycles. The molecular weight excluding hydrogens is 288 g/mol. The monoisotopic (exact) mass is 324 g/mol. The van der Waals surface area contributed by atoms with Crippen LogP contribution in [0.15, 0.2) is 0 Å². The topological polar surface area (TPSA) is 31.0 Å². The van der Waals surface area contributed by atoms with E-state index in [1.807, 2.05) is 0 Å². The van der Waals surface area contributed by atoms with Gasteiger partial charge in [0.2, 0.25) is 0 Å². The van der Waals surface area contributed by atoms with E-state index >= 15 is 0 Å². The molecule has 0 aliphatic carbocycles. The third kappa shape index (κ3) is 5.13. The van der Waals surface area contributed by atoms with Crippen LogP contribution < -0.4 is 5.43 Å². The van der Waals surface area contributed by atoms with Gasteiger partial charge in [0.05, 0.1) is 0 Å². The zero-order valence-electron chi connectivity index (χ0n) is 15.2. The Morgan fingerprint density at radius 3 is 2.61 bits per heavy atom. The number of nitrogens with one attached hydrogen (secondary N) is 1. The minimum Gasteiger partial charge on any atom is -0.362 e. The third-order valence-electron chi connectivity index (χ3n) is 5.75. The molecule has 3 saturated heterocycles. The second-order valence-corrected chi connectivity index (χ2v) is 7.75. The summed E-state index contributed by atoms with van der Waals surface area (Å²) in [5.41, 5.74) is 3.54. The lowest BCUT2D eigenvalue weighted by Crippen LogP contribution is -2.48. The van der Waals surface area contributed by atoms with Gasteiger partial charge in [-0.25, -0.2) is 10.4 Å². The van der Waals surface area contributed by atoms with E-state index in [9.17, 15) is 0 Å². The number of fused-ring (bicyclic) bond motifs is 1. The largest absolute Gasteiger partial charge is 0.362 e. The molecule has 3 fully saturated rings. The lowest BCUT2D eigenvalue weighted by Gasteiger charge is -2.36. The number of rotatable bonds is 7. The average molecular weight is 325 g/mol. The number of unbranched alkanes of at least 4 members (excludes halogenated alkanes) is 1. The Kier molecular flexibility index (Phi) is 6.72. The third-order valence-corrected chi connectivity index (χ3v) is 5.75. The number of piperazine rings is 1. The van der Waals surface area contributed by atoms with Gasteiger partial charge in [0.1, 0.15) is 6.23 Å². The van der Waals surface area contributed by atoms with Crippen LogP contribution in [0.2, 0.25) is 0 Å². The number of nitrogens with zero attached hydrogens (tertiary/aromatic N) is 3. The summed E-state index contributed by atoms with van der Waals surface area (Å²) in [6, 6.07) is 1.43. The average Bonchev–Trinajstić information content (AvgIpc) is 2.97. The molecule has 134 valence electrons. The molecule has 0 spiro atoms. The van der Waals surface area contributed by atoms with E-state index in [0.29, 0.717) is 6.04 Å². The molecule has 1 N–H and O–H groups in total. The smallest absolute Gasteiger partial charge is 0.122 e. The van der Waals surface area contributed by atoms with Crippen molar-refractivity contribution < 1.29 is 4.74 Å². The van der Waals surface area contributed by atoms with Gasteiger partial charge in [-0.05, 0) is 46.1 Å². The number of piperidine rings is 1. The molecule has 3 aliphatic heterocycles. The molecule has 0 aromatic heterocycles. The summed E-state index contributed by atoms with van der Waals surface area (Å²) < 4.78 is 6.05. The van der Waals surface area contributed by atoms with Crippen LogP contribution in [0.5, 0.6) is 0 Å². The quantitative estimate of drug-likeness (QED) is 0.723. The Morgan fingerprint density at radius 2 is 1.87 bits per heavy atom. The van der Waals surface area contributed by atoms with Crippen LogP contribution in [-0.2, 0) is 4.74 Å². The number of ether oxygens (including phenoxy) is 1. The predicted molar refractivity (Wildman–Crippen MR) is 94.2 cm³/mol. The van der Waals surface area contributed by atoms with Gasteiger partial charge >= 0.3 is 0 Å². The summed E-state index contributed by atoms with van der Waals surface area (Å²) in [5.74, 6) is 0. The number of hydrogen-bond acceptors (Lipinski definition) is 5. The molecule has 5 nitrogen and oxygen atoms in total. The van der Waals surface area contributed by atoms with Crippen molar-refractivity contribution in [3.05, 3.63) is 0 Å². The highest BCUT2D eigenvalue weighted by Crippen LogP contribution is 2.25. The molecule has 0 amide bonds. The first kappa shape index (κ1) is 17.6. The van der Waals surface area contributed by atoms with E-state index in [1.165, 1.54) is 77.8 Å². The molecule has 3 heterocycles. The summed E-state index contributed by atoms with van der Waals surface area (Å²) >= 11 is 0. The molecule has 3 aliphatic rings. The molecule has 5 heteroatoms. The van der Waals surface area contributed by atoms with Gasteiger partial charge in [0.15, 0.2) is 0 Å². The molecule has 2 atom stereocenters. The highest BCUT2D eigenvalue weighted by Gasteiger charge is 2.33. The highest BCUT2D eigenvalue weighted by molar-refractivity contribution is 4.83. The van der Waals surface area contributed by atoms with E-state index in [-0.39, 0.29) is 6.23 Å². The summed E-state index contributed by atoms with van der Waals surface area (Å²) in [6.45, 7) is 12.9. The summed E-state index contributed by atoms with van der Waals surface area (Å²) in [6.07, 6.45) is 7.97. The van der Waals surface area contributed by atoms with E-state index in [0.717, 1.165) is 12.6 Å². The van der Waals surface area contributed by atoms with Gasteiger partial charge in [-0.15, -0.1) is 0 Å². The summed E-state index contributed by atoms with van der Waals surface area (Å²) in [4.78, 5) is 5.20. The Balaban J connectivity index is 1.21. The van der Waals surface area contributed by atoms with Crippen LogP contribution >= 0.6 is 0 Å². The van der Waals surface area contributed by atoms with E-state index in [1.54, 1.807) is 0 Å². The van der Waals surface area contributed by atoms with Crippen LogP contribution in [0.3, 0.4) is 0 Å². The first-order valence-electron chi connectivity index (χ1n) is 9.83. The van der Waals surface area contributed by atoms with Gasteiger partial charge in [-0.1, -0.05) is 6.42 Å². The zero-order valence-corrected chi connectivity index (χ0v) is 15.2. The molecule has 0 bridgehead atoms. The Bertz CT molecular complexity index is 330. The predicted octanol–water partition coefficient (Wildman–Crippen LogP) is 1.90. The fourth-order valence-electron chi connectivity index (χ4n) is 4.17. The van der Waals surface area contributed by atoms with Crippen molar-refractivity contribution in [2.24, 2.45) is 0 Å². The maximum absolute atomic E-state index is 6.05. The van der Waals surface area contributed by atoms with Crippen LogP contribution in [-0.4, -0.2) is 79.0 Å². The second-order valence-electron chi connectivity index (χ2n) is 7.75. The fourth-order valence-corrected chi connectivity index (χ4v) is 4.17. The maximum atomic E-state index is 6.05. The Morgan fingerprint density at radius 1 is 1.04 bits per heavy atom. The standard InChI is InChI=1S/C18H36N4O/c1-16(2)21-12-10-20(11-13-21)8-5-6-14-23-18-15-17-7-3-4-9-22(17)19-18/h16-19H,3-15H2,1-2H3. The molecule has 23 heavy (non-hydrogen) atoms. The minimum atomic E-state index is 0.271. The lowest BCUT2D eigenvalue weighted by molar-refractivity contribution is 0.0119. The van der Waals surface area contributed by atoms with E-state index in [4.69, 9.17) is 4.74 Å². The Hall–Kier alpha value is -0.200. The second kappa shape index (κ2) is 8.77. The van der Waals surface area contributed by atoms with Gasteiger partial charge in [-0.3, -0.25) is 4.90 Å². The first-order valence-corrected chi connectivity index (χ1v) is 9.83. The van der Waals surface area contributed by atoms with Gasteiger partial charge in [-0.2, -0.15) is 0 Å². The first-order chi connectivity index (χ1) is 11.2. The van der Waals surface area contributed by atoms with Gasteiger partial charge in [0.25, 0.3) is 0 Å². The van der Waals surface area contributed by atoms with Crippen LogP contribution in [0.25, 0.3) is 0 Å². The van der Waals surface area contributed by atoms with Crippen molar-refractivity contribution in [1.82, 2.24) is 20.2 Å². The van der Waals surface area contributed by atoms with Crippen LogP contribution in [0.1, 0.15) is 52.4 Å². The molecule has 0 radical (unpaired) electrons. The maximum Gasteiger partial charge on any atom is 0.122 e. The summed E-state index contributed by atoms with van der Waals surface area (Å²) in [7, 11) is 0. The zero-order chi connectivity index (χ0) is 16.1. The van der Waals surface area contributed by atoms with E-state index in [2.05, 4.69) is 34.1 Å². The Labute approximate surface area is 142 Å². The number of hydrazine groups is 1. The van der Waals surface area contributed by atoms with Crippen molar-refractivity contribution in [3.63, 3.8) is 0 Å². The normalized spacial score (nSPS) is 30.9. The number of hydrogen-bond donors (Lipinski definition) is 1. The van der Waals surface area contributed by atoms with Crippen molar-refractivity contribution in [3.8, 4) is 0 Å². The van der Waals surface area contributed by atoms with Crippen molar-refractivity contribution in [1.29, 1.82) is 0 Å². The molecular formula is C18H36N4O. The minimum absolute atomic E-state index is 0.271. The summed E-state index contributed by atoms with van der Waals surface area (Å²) in [5, 5.41) is 2.42. The van der Waals surface area contributed by atoms with Crippen molar-refractivity contribution in [2.75, 3.05) is 45.9 Å². The van der Waals surface area contributed by atoms with Crippen LogP contribution in [0, 0.1) is 0 Å². The SMILES string of the molecule is CC(C)N1CCN(CCCCOC2CC3CCCCN3N2)CC1. The molecule has 0 aromatic rings. The van der Waals surface area contributed by atoms with Gasteiger partial charge < -0.3 is 9.64 Å². The van der Waals surface area contributed by atoms with Gasteiger partial charge in [0, 0.05) is 57.8 Å². The van der Waals surface area contributed by atoms with Crippen molar-refractivity contribution in [2.45, 2.75) is 70.7 Å². The highest BCUT2D eigenvalue weighted by atomic mass is 16.5. The fraction of sp³-hybridized carbons (Fsp3) is 1.00. The molecule has 3 rings (SSSR count). The van der Waals surface area contributed by atoms with Crippen molar-refractivity contribution >= 4 is 0 Å². The van der Waals surface area contributed by atoms with E-state index < -0.39 is 0 Å². The lowest BCUT2D eigenvalue weighted by atomic mass is 10.0.